The summed E-state index contributed by atoms with van der Waals surface area (Å²) in [5, 5.41) is 8.65. The highest BCUT2D eigenvalue weighted by molar-refractivity contribution is 5.86. The predicted molar refractivity (Wildman–Crippen MR) is 77.8 cm³/mol. The first-order valence-corrected chi connectivity index (χ1v) is 6.30. The summed E-state index contributed by atoms with van der Waals surface area (Å²) in [5.41, 5.74) is 1.26. The summed E-state index contributed by atoms with van der Waals surface area (Å²) in [4.78, 5) is 21.7. The predicted octanol–water partition coefficient (Wildman–Crippen LogP) is 2.10. The van der Waals surface area contributed by atoms with E-state index in [4.69, 9.17) is 14.6 Å². The summed E-state index contributed by atoms with van der Waals surface area (Å²) in [7, 11) is 1.50. The highest BCUT2D eigenvalue weighted by Crippen LogP contribution is 2.21. The van der Waals surface area contributed by atoms with Crippen molar-refractivity contribution in [2.75, 3.05) is 13.7 Å². The molecule has 0 heterocycles. The van der Waals surface area contributed by atoms with Gasteiger partial charge < -0.3 is 14.6 Å². The van der Waals surface area contributed by atoms with E-state index in [1.807, 2.05) is 0 Å². The average Bonchev–Trinajstić information content (AvgIpc) is 2.45. The third-order valence-electron chi connectivity index (χ3n) is 2.41. The number of esters is 1. The van der Waals surface area contributed by atoms with E-state index in [0.717, 1.165) is 6.08 Å². The molecule has 1 aromatic carbocycles. The van der Waals surface area contributed by atoms with Crippen LogP contribution in [0.5, 0.6) is 5.75 Å². The monoisotopic (exact) mass is 288 g/mol. The molecule has 0 atom stereocenters. The molecular formula is C16H16O5. The SMILES string of the molecule is CCOC(=O)CC#Cc1ccc(OC)c(/C=C/C(=O)O)c1. The molecule has 110 valence electrons. The number of benzene rings is 1. The Morgan fingerprint density at radius 2 is 2.14 bits per heavy atom. The Hall–Kier alpha value is -2.74. The van der Waals surface area contributed by atoms with Crippen LogP contribution in [0, 0.1) is 11.8 Å². The van der Waals surface area contributed by atoms with Crippen LogP contribution in [0.4, 0.5) is 0 Å². The molecule has 0 aliphatic heterocycles. The molecule has 0 aliphatic carbocycles. The molecule has 0 aliphatic rings. The van der Waals surface area contributed by atoms with Crippen molar-refractivity contribution in [1.29, 1.82) is 0 Å². The first-order valence-electron chi connectivity index (χ1n) is 6.30. The van der Waals surface area contributed by atoms with Crippen molar-refractivity contribution in [3.05, 3.63) is 35.4 Å². The molecule has 5 nitrogen and oxygen atoms in total. The Bertz CT molecular complexity index is 605. The first-order chi connectivity index (χ1) is 10.1. The van der Waals surface area contributed by atoms with E-state index in [0.29, 0.717) is 23.5 Å². The van der Waals surface area contributed by atoms with Crippen LogP contribution in [-0.4, -0.2) is 30.8 Å². The van der Waals surface area contributed by atoms with Crippen LogP contribution in [-0.2, 0) is 14.3 Å². The Kier molecular flexibility index (Phi) is 6.55. The van der Waals surface area contributed by atoms with Crippen LogP contribution in [0.1, 0.15) is 24.5 Å². The van der Waals surface area contributed by atoms with E-state index in [1.165, 1.54) is 13.2 Å². The Balaban J connectivity index is 2.90. The second kappa shape index (κ2) is 8.43. The van der Waals surface area contributed by atoms with Crippen LogP contribution in [0.25, 0.3) is 6.08 Å². The number of carbonyl (C=O) groups excluding carboxylic acids is 1. The molecule has 0 saturated carbocycles. The van der Waals surface area contributed by atoms with Gasteiger partial charge >= 0.3 is 11.9 Å². The van der Waals surface area contributed by atoms with Crippen molar-refractivity contribution < 1.29 is 24.2 Å². The largest absolute Gasteiger partial charge is 0.496 e. The maximum atomic E-state index is 11.2. The number of hydrogen-bond acceptors (Lipinski definition) is 4. The zero-order chi connectivity index (χ0) is 15.7. The summed E-state index contributed by atoms with van der Waals surface area (Å²) >= 11 is 0. The molecule has 0 unspecified atom stereocenters. The van der Waals surface area contributed by atoms with Gasteiger partial charge in [-0.3, -0.25) is 4.79 Å². The molecule has 0 aromatic heterocycles. The molecule has 1 aromatic rings. The van der Waals surface area contributed by atoms with Gasteiger partial charge in [0.05, 0.1) is 13.7 Å². The Morgan fingerprint density at radius 1 is 1.38 bits per heavy atom. The van der Waals surface area contributed by atoms with E-state index >= 15 is 0 Å². The molecule has 0 spiro atoms. The van der Waals surface area contributed by atoms with Crippen molar-refractivity contribution in [3.8, 4) is 17.6 Å². The van der Waals surface area contributed by atoms with Crippen LogP contribution in [0.15, 0.2) is 24.3 Å². The van der Waals surface area contributed by atoms with Crippen molar-refractivity contribution in [2.45, 2.75) is 13.3 Å². The number of hydrogen-bond donors (Lipinski definition) is 1. The van der Waals surface area contributed by atoms with Gasteiger partial charge in [-0.25, -0.2) is 4.79 Å². The Morgan fingerprint density at radius 3 is 2.76 bits per heavy atom. The molecule has 0 fully saturated rings. The number of aliphatic carboxylic acids is 1. The highest BCUT2D eigenvalue weighted by Gasteiger charge is 2.02. The second-order valence-electron chi connectivity index (χ2n) is 3.91. The summed E-state index contributed by atoms with van der Waals surface area (Å²) in [6, 6.07) is 5.11. The van der Waals surface area contributed by atoms with Gasteiger partial charge in [-0.2, -0.15) is 0 Å². The minimum atomic E-state index is -1.05. The topological polar surface area (TPSA) is 72.8 Å². The second-order valence-corrected chi connectivity index (χ2v) is 3.91. The van der Waals surface area contributed by atoms with Crippen LogP contribution in [0.3, 0.4) is 0 Å². The molecule has 0 amide bonds. The maximum Gasteiger partial charge on any atom is 0.328 e. The van der Waals surface area contributed by atoms with Gasteiger partial charge in [-0.1, -0.05) is 11.8 Å². The third kappa shape index (κ3) is 5.83. The number of rotatable bonds is 5. The fourth-order valence-electron chi connectivity index (χ4n) is 1.53. The quantitative estimate of drug-likeness (QED) is 0.510. The lowest BCUT2D eigenvalue weighted by Crippen LogP contribution is -2.01. The fourth-order valence-corrected chi connectivity index (χ4v) is 1.53. The van der Waals surface area contributed by atoms with Gasteiger partial charge in [-0.15, -0.1) is 0 Å². The molecule has 1 N–H and O–H groups in total. The lowest BCUT2D eigenvalue weighted by molar-refractivity contribution is -0.141. The smallest absolute Gasteiger partial charge is 0.328 e. The van der Waals surface area contributed by atoms with Gasteiger partial charge in [0, 0.05) is 17.2 Å². The number of ether oxygens (including phenoxy) is 2. The standard InChI is InChI=1S/C16H16O5/c1-3-21-16(19)6-4-5-12-7-9-14(20-2)13(11-12)8-10-15(17)18/h7-11H,3,6H2,1-2H3,(H,17,18)/b10-8+. The summed E-state index contributed by atoms with van der Waals surface area (Å²) in [6.07, 6.45) is 2.46. The third-order valence-corrected chi connectivity index (χ3v) is 2.41. The van der Waals surface area contributed by atoms with Crippen molar-refractivity contribution in [2.24, 2.45) is 0 Å². The summed E-state index contributed by atoms with van der Waals surface area (Å²) in [5.74, 6) is 4.66. The maximum absolute atomic E-state index is 11.2. The van der Waals surface area contributed by atoms with E-state index in [-0.39, 0.29) is 12.4 Å². The lowest BCUT2D eigenvalue weighted by Gasteiger charge is -2.04. The molecule has 0 saturated heterocycles. The van der Waals surface area contributed by atoms with E-state index in [9.17, 15) is 9.59 Å². The molecule has 0 radical (unpaired) electrons. The van der Waals surface area contributed by atoms with Gasteiger partial charge in [0.2, 0.25) is 0 Å². The zero-order valence-corrected chi connectivity index (χ0v) is 11.9. The van der Waals surface area contributed by atoms with Crippen LogP contribution >= 0.6 is 0 Å². The van der Waals surface area contributed by atoms with Crippen LogP contribution < -0.4 is 4.74 Å². The van der Waals surface area contributed by atoms with Crippen molar-refractivity contribution in [1.82, 2.24) is 0 Å². The normalized spacial score (nSPS) is 9.81. The average molecular weight is 288 g/mol. The Labute approximate surface area is 123 Å². The fraction of sp³-hybridized carbons (Fsp3) is 0.250. The number of methoxy groups -OCH3 is 1. The highest BCUT2D eigenvalue weighted by atomic mass is 16.5. The molecular weight excluding hydrogens is 272 g/mol. The van der Waals surface area contributed by atoms with E-state index in [1.54, 1.807) is 25.1 Å². The summed E-state index contributed by atoms with van der Waals surface area (Å²) < 4.78 is 9.91. The first kappa shape index (κ1) is 16.3. The van der Waals surface area contributed by atoms with Crippen molar-refractivity contribution in [3.63, 3.8) is 0 Å². The van der Waals surface area contributed by atoms with Crippen LogP contribution in [0.2, 0.25) is 0 Å². The minimum absolute atomic E-state index is 0.0141. The molecule has 1 rings (SSSR count). The molecule has 21 heavy (non-hydrogen) atoms. The van der Waals surface area contributed by atoms with E-state index in [2.05, 4.69) is 11.8 Å². The molecule has 5 heteroatoms. The molecule has 0 bridgehead atoms. The number of carbonyl (C=O) groups is 2. The van der Waals surface area contributed by atoms with E-state index < -0.39 is 5.97 Å². The van der Waals surface area contributed by atoms with Gasteiger partial charge in [0.25, 0.3) is 0 Å². The number of carboxylic acids is 1. The van der Waals surface area contributed by atoms with Gasteiger partial charge in [0.1, 0.15) is 12.2 Å². The van der Waals surface area contributed by atoms with Crippen molar-refractivity contribution >= 4 is 18.0 Å². The van der Waals surface area contributed by atoms with Gasteiger partial charge in [0.15, 0.2) is 0 Å². The minimum Gasteiger partial charge on any atom is -0.496 e. The summed E-state index contributed by atoms with van der Waals surface area (Å²) in [6.45, 7) is 2.06. The number of carboxylic acid groups (broad SMARTS) is 1. The lowest BCUT2D eigenvalue weighted by atomic mass is 10.1. The zero-order valence-electron chi connectivity index (χ0n) is 11.9. The van der Waals surface area contributed by atoms with Gasteiger partial charge in [-0.05, 0) is 31.2 Å².